The SMILES string of the molecule is Cc1c[nH]c2nc(OC3COC3)c(C(C)(C)C)cc12. The second kappa shape index (κ2) is 4.23. The van der Waals surface area contributed by atoms with E-state index >= 15 is 0 Å². The molecule has 1 fully saturated rings. The van der Waals surface area contributed by atoms with Gasteiger partial charge < -0.3 is 14.5 Å². The maximum absolute atomic E-state index is 5.97. The van der Waals surface area contributed by atoms with Crippen molar-refractivity contribution in [3.63, 3.8) is 0 Å². The minimum atomic E-state index is 0.00480. The molecule has 2 aromatic rings. The van der Waals surface area contributed by atoms with Gasteiger partial charge >= 0.3 is 0 Å². The fourth-order valence-corrected chi connectivity index (χ4v) is 2.23. The average Bonchev–Trinajstić information content (AvgIpc) is 2.63. The largest absolute Gasteiger partial charge is 0.469 e. The number of aromatic amines is 1. The minimum Gasteiger partial charge on any atom is -0.469 e. The van der Waals surface area contributed by atoms with Gasteiger partial charge in [0.05, 0.1) is 13.2 Å². The van der Waals surface area contributed by atoms with Gasteiger partial charge in [-0.25, -0.2) is 0 Å². The summed E-state index contributed by atoms with van der Waals surface area (Å²) in [5.74, 6) is 0.732. The Hall–Kier alpha value is -1.55. The van der Waals surface area contributed by atoms with Crippen molar-refractivity contribution in [3.8, 4) is 5.88 Å². The first-order valence-corrected chi connectivity index (χ1v) is 6.69. The van der Waals surface area contributed by atoms with Crippen LogP contribution in [0, 0.1) is 6.92 Å². The summed E-state index contributed by atoms with van der Waals surface area (Å²) in [5.41, 5.74) is 3.26. The Balaban J connectivity index is 2.10. The van der Waals surface area contributed by atoms with Crippen LogP contribution in [0.3, 0.4) is 0 Å². The lowest BCUT2D eigenvalue weighted by Crippen LogP contribution is -2.39. The fraction of sp³-hybridized carbons (Fsp3) is 0.533. The molecule has 1 saturated heterocycles. The lowest BCUT2D eigenvalue weighted by atomic mass is 9.87. The Morgan fingerprint density at radius 3 is 2.68 bits per heavy atom. The standard InChI is InChI=1S/C15H20N2O2/c1-9-6-16-13-11(9)5-12(15(2,3)4)14(17-13)19-10-7-18-8-10/h5-6,10H,7-8H2,1-4H3,(H,16,17). The lowest BCUT2D eigenvalue weighted by Gasteiger charge is -2.29. The van der Waals surface area contributed by atoms with Gasteiger partial charge in [0, 0.05) is 17.1 Å². The van der Waals surface area contributed by atoms with Crippen molar-refractivity contribution in [1.29, 1.82) is 0 Å². The van der Waals surface area contributed by atoms with Crippen LogP contribution in [0.15, 0.2) is 12.3 Å². The molecule has 0 unspecified atom stereocenters. The lowest BCUT2D eigenvalue weighted by molar-refractivity contribution is -0.0818. The molecular weight excluding hydrogens is 240 g/mol. The smallest absolute Gasteiger partial charge is 0.219 e. The molecule has 0 saturated carbocycles. The molecule has 3 rings (SSSR count). The molecule has 0 spiro atoms. The van der Waals surface area contributed by atoms with Crippen molar-refractivity contribution < 1.29 is 9.47 Å². The second-order valence-corrected chi connectivity index (χ2v) is 6.24. The average molecular weight is 260 g/mol. The van der Waals surface area contributed by atoms with E-state index in [0.717, 1.165) is 17.1 Å². The molecule has 4 heteroatoms. The number of fused-ring (bicyclic) bond motifs is 1. The number of ether oxygens (including phenoxy) is 2. The highest BCUT2D eigenvalue weighted by Gasteiger charge is 2.27. The maximum Gasteiger partial charge on any atom is 0.219 e. The summed E-state index contributed by atoms with van der Waals surface area (Å²) in [7, 11) is 0. The van der Waals surface area contributed by atoms with E-state index in [1.807, 2.05) is 6.20 Å². The van der Waals surface area contributed by atoms with Crippen molar-refractivity contribution in [1.82, 2.24) is 9.97 Å². The molecule has 0 amide bonds. The van der Waals surface area contributed by atoms with Crippen molar-refractivity contribution in [2.75, 3.05) is 13.2 Å². The number of H-pyrrole nitrogens is 1. The molecule has 4 nitrogen and oxygen atoms in total. The van der Waals surface area contributed by atoms with Gasteiger partial charge in [0.15, 0.2) is 0 Å². The highest BCUT2D eigenvalue weighted by Crippen LogP contribution is 2.34. The fourth-order valence-electron chi connectivity index (χ4n) is 2.23. The molecule has 2 aromatic heterocycles. The van der Waals surface area contributed by atoms with Crippen molar-refractivity contribution in [2.45, 2.75) is 39.2 Å². The van der Waals surface area contributed by atoms with E-state index in [2.05, 4.69) is 43.7 Å². The van der Waals surface area contributed by atoms with Gasteiger partial charge in [-0.1, -0.05) is 20.8 Å². The topological polar surface area (TPSA) is 47.1 Å². The van der Waals surface area contributed by atoms with Gasteiger partial charge in [-0.15, -0.1) is 0 Å². The number of nitrogens with one attached hydrogen (secondary N) is 1. The second-order valence-electron chi connectivity index (χ2n) is 6.24. The van der Waals surface area contributed by atoms with Gasteiger partial charge in [-0.05, 0) is 24.0 Å². The summed E-state index contributed by atoms with van der Waals surface area (Å²) in [4.78, 5) is 7.84. The van der Waals surface area contributed by atoms with Crippen LogP contribution in [0.25, 0.3) is 11.0 Å². The van der Waals surface area contributed by atoms with Gasteiger partial charge in [0.2, 0.25) is 5.88 Å². The van der Waals surface area contributed by atoms with Crippen LogP contribution >= 0.6 is 0 Å². The van der Waals surface area contributed by atoms with Crippen molar-refractivity contribution >= 4 is 11.0 Å². The molecule has 102 valence electrons. The Morgan fingerprint density at radius 1 is 1.37 bits per heavy atom. The number of rotatable bonds is 2. The molecule has 0 bridgehead atoms. The maximum atomic E-state index is 5.97. The Kier molecular flexibility index (Phi) is 2.78. The first-order valence-electron chi connectivity index (χ1n) is 6.69. The van der Waals surface area contributed by atoms with E-state index in [-0.39, 0.29) is 11.5 Å². The molecule has 1 aliphatic rings. The van der Waals surface area contributed by atoms with Crippen LogP contribution in [0.2, 0.25) is 0 Å². The predicted octanol–water partition coefficient (Wildman–Crippen LogP) is 2.95. The van der Waals surface area contributed by atoms with E-state index in [9.17, 15) is 0 Å². The molecule has 0 aromatic carbocycles. The van der Waals surface area contributed by atoms with Crippen LogP contribution < -0.4 is 4.74 Å². The molecule has 3 heterocycles. The molecular formula is C15H20N2O2. The van der Waals surface area contributed by atoms with Gasteiger partial charge in [0.25, 0.3) is 0 Å². The summed E-state index contributed by atoms with van der Waals surface area (Å²) in [6, 6.07) is 2.20. The Bertz CT molecular complexity index is 606. The highest BCUT2D eigenvalue weighted by atomic mass is 16.6. The Morgan fingerprint density at radius 2 is 2.11 bits per heavy atom. The normalized spacial score (nSPS) is 16.6. The third-order valence-corrected chi connectivity index (χ3v) is 3.53. The predicted molar refractivity (Wildman–Crippen MR) is 74.8 cm³/mol. The summed E-state index contributed by atoms with van der Waals surface area (Å²) < 4.78 is 11.1. The summed E-state index contributed by atoms with van der Waals surface area (Å²) in [6.45, 7) is 9.96. The van der Waals surface area contributed by atoms with E-state index in [0.29, 0.717) is 13.2 Å². The summed E-state index contributed by atoms with van der Waals surface area (Å²) in [6.07, 6.45) is 2.13. The number of pyridine rings is 1. The van der Waals surface area contributed by atoms with Crippen LogP contribution in [0.4, 0.5) is 0 Å². The first-order chi connectivity index (χ1) is 8.95. The zero-order chi connectivity index (χ0) is 13.6. The van der Waals surface area contributed by atoms with Crippen LogP contribution in [-0.2, 0) is 10.2 Å². The zero-order valence-corrected chi connectivity index (χ0v) is 11.9. The Labute approximate surface area is 113 Å². The third-order valence-electron chi connectivity index (χ3n) is 3.53. The van der Waals surface area contributed by atoms with E-state index < -0.39 is 0 Å². The van der Waals surface area contributed by atoms with Crippen LogP contribution in [0.5, 0.6) is 5.88 Å². The van der Waals surface area contributed by atoms with E-state index in [1.165, 1.54) is 10.9 Å². The molecule has 0 atom stereocenters. The van der Waals surface area contributed by atoms with Gasteiger partial charge in [-0.2, -0.15) is 4.98 Å². The third kappa shape index (κ3) is 2.21. The molecule has 1 N–H and O–H groups in total. The monoisotopic (exact) mass is 260 g/mol. The van der Waals surface area contributed by atoms with Gasteiger partial charge in [-0.3, -0.25) is 0 Å². The van der Waals surface area contributed by atoms with Crippen molar-refractivity contribution in [2.24, 2.45) is 0 Å². The number of hydrogen-bond acceptors (Lipinski definition) is 3. The quantitative estimate of drug-likeness (QED) is 0.903. The van der Waals surface area contributed by atoms with E-state index in [4.69, 9.17) is 9.47 Å². The van der Waals surface area contributed by atoms with Crippen LogP contribution in [-0.4, -0.2) is 29.3 Å². The molecule has 0 aliphatic carbocycles. The molecule has 1 aliphatic heterocycles. The van der Waals surface area contributed by atoms with Crippen molar-refractivity contribution in [3.05, 3.63) is 23.4 Å². The van der Waals surface area contributed by atoms with Crippen LogP contribution in [0.1, 0.15) is 31.9 Å². The number of hydrogen-bond donors (Lipinski definition) is 1. The van der Waals surface area contributed by atoms with Gasteiger partial charge in [0.1, 0.15) is 11.8 Å². The summed E-state index contributed by atoms with van der Waals surface area (Å²) >= 11 is 0. The minimum absolute atomic E-state index is 0.00480. The highest BCUT2D eigenvalue weighted by molar-refractivity contribution is 5.81. The zero-order valence-electron chi connectivity index (χ0n) is 11.9. The number of aryl methyl sites for hydroxylation is 1. The molecule has 0 radical (unpaired) electrons. The number of aromatic nitrogens is 2. The van der Waals surface area contributed by atoms with E-state index in [1.54, 1.807) is 0 Å². The summed E-state index contributed by atoms with van der Waals surface area (Å²) in [5, 5.41) is 1.17. The number of nitrogens with zero attached hydrogens (tertiary/aromatic N) is 1. The molecule has 19 heavy (non-hydrogen) atoms. The first kappa shape index (κ1) is 12.5.